The van der Waals surface area contributed by atoms with E-state index >= 15 is 0 Å². The minimum atomic E-state index is -0.632. The van der Waals surface area contributed by atoms with E-state index < -0.39 is 6.10 Å². The van der Waals surface area contributed by atoms with Crippen molar-refractivity contribution in [3.05, 3.63) is 0 Å². The lowest BCUT2D eigenvalue weighted by molar-refractivity contribution is -0.120. The average Bonchev–Trinajstić information content (AvgIpc) is 2.46. The monoisotopic (exact) mass is 306 g/mol. The maximum absolute atomic E-state index is 11.3. The molecule has 0 aliphatic rings. The van der Waals surface area contributed by atoms with Gasteiger partial charge in [-0.05, 0) is 6.42 Å². The molecule has 0 aromatic heterocycles. The highest BCUT2D eigenvalue weighted by atomic mass is 16.5. The van der Waals surface area contributed by atoms with E-state index in [0.717, 1.165) is 19.4 Å². The summed E-state index contributed by atoms with van der Waals surface area (Å²) in [4.78, 5) is 11.3. The van der Waals surface area contributed by atoms with E-state index in [9.17, 15) is 9.90 Å². The van der Waals surface area contributed by atoms with E-state index in [4.69, 9.17) is 14.2 Å². The molecule has 0 aliphatic heterocycles. The quantitative estimate of drug-likeness (QED) is 0.355. The molecule has 0 heterocycles. The number of ether oxygens (including phenoxy) is 3. The number of carbonyl (C=O) groups is 1. The van der Waals surface area contributed by atoms with Gasteiger partial charge in [-0.25, -0.2) is 0 Å². The maximum Gasteiger partial charge on any atom is 0.234 e. The van der Waals surface area contributed by atoms with Gasteiger partial charge in [0.1, 0.15) is 0 Å². The molecule has 0 saturated heterocycles. The van der Waals surface area contributed by atoms with E-state index in [0.29, 0.717) is 32.9 Å². The summed E-state index contributed by atoms with van der Waals surface area (Å²) in [5.74, 6) is -0.121. The zero-order valence-electron chi connectivity index (χ0n) is 13.2. The number of hydrogen-bond donors (Lipinski definition) is 3. The Balaban J connectivity index is 3.30. The number of aliphatic hydroxyl groups excluding tert-OH is 1. The molecule has 126 valence electrons. The zero-order valence-corrected chi connectivity index (χ0v) is 13.2. The lowest BCUT2D eigenvalue weighted by Crippen LogP contribution is -2.39. The molecule has 21 heavy (non-hydrogen) atoms. The lowest BCUT2D eigenvalue weighted by atomic mass is 10.3. The summed E-state index contributed by atoms with van der Waals surface area (Å²) in [6.07, 6.45) is 1.54. The molecule has 7 nitrogen and oxygen atoms in total. The summed E-state index contributed by atoms with van der Waals surface area (Å²) in [5, 5.41) is 15.2. The number of amides is 1. The van der Waals surface area contributed by atoms with Crippen LogP contribution >= 0.6 is 0 Å². The van der Waals surface area contributed by atoms with E-state index in [1.165, 1.54) is 0 Å². The first-order chi connectivity index (χ1) is 10.2. The van der Waals surface area contributed by atoms with Gasteiger partial charge in [-0.1, -0.05) is 13.3 Å². The van der Waals surface area contributed by atoms with Crippen molar-refractivity contribution in [2.75, 3.05) is 59.8 Å². The van der Waals surface area contributed by atoms with Crippen LogP contribution in [0.3, 0.4) is 0 Å². The van der Waals surface area contributed by atoms with Gasteiger partial charge in [-0.15, -0.1) is 0 Å². The predicted octanol–water partition coefficient (Wildman–Crippen LogP) is -0.467. The SMILES string of the molecule is CCCCOCCOCC(O)CNCC(=O)NCCOC. The highest BCUT2D eigenvalue weighted by molar-refractivity contribution is 5.77. The Hall–Kier alpha value is -0.730. The maximum atomic E-state index is 11.3. The molecule has 0 saturated carbocycles. The third-order valence-electron chi connectivity index (χ3n) is 2.62. The van der Waals surface area contributed by atoms with Gasteiger partial charge in [-0.3, -0.25) is 4.79 Å². The summed E-state index contributed by atoms with van der Waals surface area (Å²) in [6, 6.07) is 0. The fourth-order valence-corrected chi connectivity index (χ4v) is 1.45. The Bertz CT molecular complexity index is 241. The van der Waals surface area contributed by atoms with E-state index in [1.54, 1.807) is 7.11 Å². The van der Waals surface area contributed by atoms with Crippen molar-refractivity contribution in [3.8, 4) is 0 Å². The van der Waals surface area contributed by atoms with Gasteiger partial charge in [0.05, 0.1) is 39.1 Å². The highest BCUT2D eigenvalue weighted by Crippen LogP contribution is 1.89. The standard InChI is InChI=1S/C14H30N2O5/c1-3-4-6-20-8-9-21-12-13(17)10-15-11-14(18)16-5-7-19-2/h13,15,17H,3-12H2,1-2H3,(H,16,18). The van der Waals surface area contributed by atoms with Gasteiger partial charge in [0.2, 0.25) is 5.91 Å². The number of carbonyl (C=O) groups excluding carboxylic acids is 1. The predicted molar refractivity (Wildman–Crippen MR) is 80.3 cm³/mol. The number of methoxy groups -OCH3 is 1. The van der Waals surface area contributed by atoms with E-state index in [-0.39, 0.29) is 19.1 Å². The first kappa shape index (κ1) is 20.3. The molecule has 0 aromatic rings. The summed E-state index contributed by atoms with van der Waals surface area (Å²) >= 11 is 0. The van der Waals surface area contributed by atoms with Crippen molar-refractivity contribution in [2.45, 2.75) is 25.9 Å². The number of nitrogens with one attached hydrogen (secondary N) is 2. The van der Waals surface area contributed by atoms with Gasteiger partial charge >= 0.3 is 0 Å². The minimum absolute atomic E-state index is 0.121. The van der Waals surface area contributed by atoms with Crippen LogP contribution in [0, 0.1) is 0 Å². The van der Waals surface area contributed by atoms with Crippen LogP contribution in [-0.4, -0.2) is 76.9 Å². The lowest BCUT2D eigenvalue weighted by Gasteiger charge is -2.12. The molecule has 0 aromatic carbocycles. The van der Waals surface area contributed by atoms with Crippen LogP contribution in [0.2, 0.25) is 0 Å². The normalized spacial score (nSPS) is 12.3. The molecule has 1 atom stereocenters. The van der Waals surface area contributed by atoms with Gasteiger partial charge < -0.3 is 30.0 Å². The van der Waals surface area contributed by atoms with Crippen LogP contribution in [0.5, 0.6) is 0 Å². The van der Waals surface area contributed by atoms with Crippen LogP contribution in [0.4, 0.5) is 0 Å². The van der Waals surface area contributed by atoms with Crippen LogP contribution < -0.4 is 10.6 Å². The second-order valence-electron chi connectivity index (χ2n) is 4.67. The van der Waals surface area contributed by atoms with Crippen molar-refractivity contribution in [3.63, 3.8) is 0 Å². The largest absolute Gasteiger partial charge is 0.389 e. The van der Waals surface area contributed by atoms with Crippen molar-refractivity contribution < 1.29 is 24.1 Å². The Morgan fingerprint density at radius 2 is 1.95 bits per heavy atom. The van der Waals surface area contributed by atoms with Crippen molar-refractivity contribution >= 4 is 5.91 Å². The number of unbranched alkanes of at least 4 members (excludes halogenated alkanes) is 1. The second-order valence-corrected chi connectivity index (χ2v) is 4.67. The molecule has 0 bridgehead atoms. The molecule has 1 unspecified atom stereocenters. The number of aliphatic hydroxyl groups is 1. The zero-order chi connectivity index (χ0) is 15.8. The summed E-state index contributed by atoms with van der Waals surface area (Å²) in [7, 11) is 1.58. The molecule has 1 amide bonds. The van der Waals surface area contributed by atoms with Crippen LogP contribution in [0.1, 0.15) is 19.8 Å². The molecular weight excluding hydrogens is 276 g/mol. The first-order valence-electron chi connectivity index (χ1n) is 7.50. The van der Waals surface area contributed by atoms with Crippen molar-refractivity contribution in [2.24, 2.45) is 0 Å². The molecule has 0 fully saturated rings. The highest BCUT2D eigenvalue weighted by Gasteiger charge is 2.05. The summed E-state index contributed by atoms with van der Waals surface area (Å²) in [6.45, 7) is 5.57. The third kappa shape index (κ3) is 15.5. The molecule has 3 N–H and O–H groups in total. The number of rotatable bonds is 15. The minimum Gasteiger partial charge on any atom is -0.389 e. The topological polar surface area (TPSA) is 89.0 Å². The molecule has 0 aliphatic carbocycles. The third-order valence-corrected chi connectivity index (χ3v) is 2.62. The fraction of sp³-hybridized carbons (Fsp3) is 0.929. The van der Waals surface area contributed by atoms with Gasteiger partial charge in [0, 0.05) is 26.8 Å². The Morgan fingerprint density at radius 1 is 1.19 bits per heavy atom. The van der Waals surface area contributed by atoms with Gasteiger partial charge in [0.15, 0.2) is 0 Å². The van der Waals surface area contributed by atoms with Gasteiger partial charge in [-0.2, -0.15) is 0 Å². The van der Waals surface area contributed by atoms with Crippen LogP contribution in [-0.2, 0) is 19.0 Å². The average molecular weight is 306 g/mol. The first-order valence-corrected chi connectivity index (χ1v) is 7.50. The van der Waals surface area contributed by atoms with E-state index in [2.05, 4.69) is 17.6 Å². The fourth-order valence-electron chi connectivity index (χ4n) is 1.45. The Kier molecular flexibility index (Phi) is 15.1. The molecule has 7 heteroatoms. The van der Waals surface area contributed by atoms with Crippen LogP contribution in [0.15, 0.2) is 0 Å². The van der Waals surface area contributed by atoms with Crippen molar-refractivity contribution in [1.82, 2.24) is 10.6 Å². The summed E-state index contributed by atoms with van der Waals surface area (Å²) < 4.78 is 15.4. The summed E-state index contributed by atoms with van der Waals surface area (Å²) in [5.41, 5.74) is 0. The Labute approximate surface area is 127 Å². The molecule has 0 rings (SSSR count). The molecule has 0 radical (unpaired) electrons. The second kappa shape index (κ2) is 15.7. The van der Waals surface area contributed by atoms with Crippen molar-refractivity contribution in [1.29, 1.82) is 0 Å². The molecular formula is C14H30N2O5. The van der Waals surface area contributed by atoms with E-state index in [1.807, 2.05) is 0 Å². The smallest absolute Gasteiger partial charge is 0.234 e. The van der Waals surface area contributed by atoms with Crippen LogP contribution in [0.25, 0.3) is 0 Å². The number of hydrogen-bond acceptors (Lipinski definition) is 6. The molecule has 0 spiro atoms. The van der Waals surface area contributed by atoms with Gasteiger partial charge in [0.25, 0.3) is 0 Å². The Morgan fingerprint density at radius 3 is 2.67 bits per heavy atom.